The van der Waals surface area contributed by atoms with Crippen molar-refractivity contribution in [3.63, 3.8) is 0 Å². The number of anilines is 1. The van der Waals surface area contributed by atoms with Gasteiger partial charge in [0.2, 0.25) is 0 Å². The number of ether oxygens (including phenoxy) is 1. The van der Waals surface area contributed by atoms with Crippen molar-refractivity contribution in [2.24, 2.45) is 4.99 Å². The summed E-state index contributed by atoms with van der Waals surface area (Å²) in [7, 11) is -3.75. The van der Waals surface area contributed by atoms with Gasteiger partial charge in [-0.2, -0.15) is 0 Å². The average molecular weight is 535 g/mol. The highest BCUT2D eigenvalue weighted by Gasteiger charge is 2.18. The van der Waals surface area contributed by atoms with E-state index in [-0.39, 0.29) is 22.3 Å². The van der Waals surface area contributed by atoms with Gasteiger partial charge in [-0.1, -0.05) is 29.6 Å². The van der Waals surface area contributed by atoms with Gasteiger partial charge in [0.05, 0.1) is 14.9 Å². The summed E-state index contributed by atoms with van der Waals surface area (Å²) in [5.74, 6) is 0.298. The summed E-state index contributed by atoms with van der Waals surface area (Å²) in [5.41, 5.74) is 1.64. The van der Waals surface area contributed by atoms with Gasteiger partial charge in [0.1, 0.15) is 11.4 Å². The highest BCUT2D eigenvalue weighted by Crippen LogP contribution is 2.37. The average Bonchev–Trinajstić information content (AvgIpc) is 3.07. The van der Waals surface area contributed by atoms with E-state index in [1.165, 1.54) is 24.3 Å². The number of sulfonamides is 1. The molecule has 184 valence electrons. The molecule has 11 heteroatoms. The lowest BCUT2D eigenvalue weighted by atomic mass is 10.2. The number of hydrogen-bond acceptors (Lipinski definition) is 6. The predicted molar refractivity (Wildman–Crippen MR) is 138 cm³/mol. The zero-order valence-electron chi connectivity index (χ0n) is 19.0. The monoisotopic (exact) mass is 534 g/mol. The van der Waals surface area contributed by atoms with Crippen LogP contribution in [-0.4, -0.2) is 38.3 Å². The van der Waals surface area contributed by atoms with Crippen LogP contribution in [0.1, 0.15) is 31.4 Å². The molecular weight excluding hydrogens is 511 g/mol. The van der Waals surface area contributed by atoms with Crippen molar-refractivity contribution in [1.82, 2.24) is 9.71 Å². The molecule has 0 bridgehead atoms. The molecule has 0 saturated heterocycles. The fourth-order valence-electron chi connectivity index (χ4n) is 3.65. The SMILES string of the molecule is Cc1ccc2c(Cl)cc(Cl)c(OCC(=O)Nc3ccc(S(=O)(=O)NC4=NCCCCC4)cc3)c2n1. The molecule has 1 aliphatic rings. The van der Waals surface area contributed by atoms with E-state index < -0.39 is 15.9 Å². The number of aliphatic imine (C=N–C) groups is 1. The summed E-state index contributed by atoms with van der Waals surface area (Å²) in [5, 5.41) is 4.02. The molecule has 35 heavy (non-hydrogen) atoms. The summed E-state index contributed by atoms with van der Waals surface area (Å²) >= 11 is 12.5. The van der Waals surface area contributed by atoms with Crippen molar-refractivity contribution in [3.05, 3.63) is 58.2 Å². The number of nitrogens with zero attached hydrogens (tertiary/aromatic N) is 2. The van der Waals surface area contributed by atoms with Gasteiger partial charge >= 0.3 is 0 Å². The van der Waals surface area contributed by atoms with E-state index in [1.807, 2.05) is 19.1 Å². The van der Waals surface area contributed by atoms with E-state index in [0.29, 0.717) is 40.4 Å². The van der Waals surface area contributed by atoms with Crippen LogP contribution >= 0.6 is 23.2 Å². The number of fused-ring (bicyclic) bond motifs is 1. The molecule has 0 atom stereocenters. The maximum Gasteiger partial charge on any atom is 0.262 e. The first-order valence-corrected chi connectivity index (χ1v) is 13.3. The second-order valence-electron chi connectivity index (χ2n) is 8.12. The number of aryl methyl sites for hydroxylation is 1. The minimum absolute atomic E-state index is 0.0829. The Morgan fingerprint density at radius 1 is 1.06 bits per heavy atom. The number of amides is 1. The number of pyridine rings is 1. The maximum absolute atomic E-state index is 12.7. The minimum atomic E-state index is -3.75. The van der Waals surface area contributed by atoms with E-state index in [4.69, 9.17) is 27.9 Å². The first-order valence-electron chi connectivity index (χ1n) is 11.1. The fraction of sp³-hybridized carbons (Fsp3) is 0.292. The zero-order valence-corrected chi connectivity index (χ0v) is 21.3. The van der Waals surface area contributed by atoms with Crippen LogP contribution in [0.4, 0.5) is 5.69 Å². The molecule has 3 aromatic rings. The second kappa shape index (κ2) is 10.8. The minimum Gasteiger partial charge on any atom is -0.480 e. The van der Waals surface area contributed by atoms with Gasteiger partial charge in [-0.3, -0.25) is 14.5 Å². The van der Waals surface area contributed by atoms with Crippen LogP contribution in [0.2, 0.25) is 10.0 Å². The van der Waals surface area contributed by atoms with E-state index in [9.17, 15) is 13.2 Å². The smallest absolute Gasteiger partial charge is 0.262 e. The molecule has 0 unspecified atom stereocenters. The zero-order chi connectivity index (χ0) is 25.0. The number of rotatable bonds is 6. The number of hydrogen-bond donors (Lipinski definition) is 2. The summed E-state index contributed by atoms with van der Waals surface area (Å²) in [6.45, 7) is 2.12. The van der Waals surface area contributed by atoms with E-state index in [2.05, 4.69) is 20.0 Å². The van der Waals surface area contributed by atoms with Crippen LogP contribution < -0.4 is 14.8 Å². The lowest BCUT2D eigenvalue weighted by Crippen LogP contribution is -2.30. The lowest BCUT2D eigenvalue weighted by Gasteiger charge is -2.13. The van der Waals surface area contributed by atoms with Crippen LogP contribution in [0.25, 0.3) is 10.9 Å². The third-order valence-electron chi connectivity index (χ3n) is 5.40. The number of benzene rings is 2. The summed E-state index contributed by atoms with van der Waals surface area (Å²) in [6, 6.07) is 11.0. The van der Waals surface area contributed by atoms with Crippen molar-refractivity contribution >= 4 is 61.6 Å². The molecule has 1 amide bonds. The fourth-order valence-corrected chi connectivity index (χ4v) is 5.31. The van der Waals surface area contributed by atoms with Crippen LogP contribution in [0, 0.1) is 6.92 Å². The molecule has 0 aliphatic carbocycles. The number of amidine groups is 1. The van der Waals surface area contributed by atoms with Crippen LogP contribution in [-0.2, 0) is 14.8 Å². The Hall–Kier alpha value is -2.88. The molecule has 8 nitrogen and oxygen atoms in total. The van der Waals surface area contributed by atoms with Crippen molar-refractivity contribution in [3.8, 4) is 5.75 Å². The van der Waals surface area contributed by atoms with Gasteiger partial charge in [-0.05, 0) is 62.2 Å². The molecular formula is C24H24Cl2N4O4S. The number of halogens is 2. The Morgan fingerprint density at radius 3 is 2.60 bits per heavy atom. The molecule has 1 aromatic heterocycles. The van der Waals surface area contributed by atoms with Gasteiger partial charge in [0, 0.05) is 29.7 Å². The standard InChI is InChI=1S/C24H24Cl2N4O4S/c1-15-6-11-18-19(25)13-20(26)24(23(18)28-15)34-14-22(31)29-16-7-9-17(10-8-16)35(32,33)30-21-5-3-2-4-12-27-21/h6-11,13H,2-5,12,14H2,1H3,(H,27,30)(H,29,31). The van der Waals surface area contributed by atoms with Gasteiger partial charge < -0.3 is 10.1 Å². The Labute approximate surface area is 213 Å². The second-order valence-corrected chi connectivity index (χ2v) is 10.6. The van der Waals surface area contributed by atoms with E-state index in [0.717, 1.165) is 25.0 Å². The molecule has 2 heterocycles. The van der Waals surface area contributed by atoms with Crippen molar-refractivity contribution in [1.29, 1.82) is 0 Å². The molecule has 0 radical (unpaired) electrons. The molecule has 4 rings (SSSR count). The van der Waals surface area contributed by atoms with Crippen LogP contribution in [0.5, 0.6) is 5.75 Å². The van der Waals surface area contributed by atoms with E-state index in [1.54, 1.807) is 6.07 Å². The van der Waals surface area contributed by atoms with Gasteiger partial charge in [-0.25, -0.2) is 13.4 Å². The molecule has 2 aromatic carbocycles. The van der Waals surface area contributed by atoms with Gasteiger partial charge in [0.15, 0.2) is 12.4 Å². The van der Waals surface area contributed by atoms with Crippen molar-refractivity contribution in [2.45, 2.75) is 37.5 Å². The van der Waals surface area contributed by atoms with E-state index >= 15 is 0 Å². The van der Waals surface area contributed by atoms with Crippen molar-refractivity contribution < 1.29 is 17.9 Å². The Bertz CT molecular complexity index is 1390. The Balaban J connectivity index is 1.40. The molecule has 0 fully saturated rings. The largest absolute Gasteiger partial charge is 0.480 e. The Morgan fingerprint density at radius 2 is 1.83 bits per heavy atom. The highest BCUT2D eigenvalue weighted by molar-refractivity contribution is 7.90. The predicted octanol–water partition coefficient (Wildman–Crippen LogP) is 5.12. The molecule has 2 N–H and O–H groups in total. The quantitative estimate of drug-likeness (QED) is 0.456. The first kappa shape index (κ1) is 25.2. The molecule has 0 spiro atoms. The molecule has 1 aliphatic heterocycles. The third kappa shape index (κ3) is 6.22. The van der Waals surface area contributed by atoms with Crippen LogP contribution in [0.3, 0.4) is 0 Å². The number of carbonyl (C=O) groups is 1. The normalized spacial score (nSPS) is 14.2. The van der Waals surface area contributed by atoms with Crippen LogP contribution in [0.15, 0.2) is 52.4 Å². The third-order valence-corrected chi connectivity index (χ3v) is 7.39. The molecule has 0 saturated carbocycles. The maximum atomic E-state index is 12.7. The summed E-state index contributed by atoms with van der Waals surface area (Å²) < 4.78 is 33.6. The summed E-state index contributed by atoms with van der Waals surface area (Å²) in [6.07, 6.45) is 3.50. The number of nitrogens with one attached hydrogen (secondary N) is 2. The summed E-state index contributed by atoms with van der Waals surface area (Å²) in [4.78, 5) is 21.3. The highest BCUT2D eigenvalue weighted by atomic mass is 35.5. The lowest BCUT2D eigenvalue weighted by molar-refractivity contribution is -0.118. The Kier molecular flexibility index (Phi) is 7.78. The number of aromatic nitrogens is 1. The van der Waals surface area contributed by atoms with Gasteiger partial charge in [-0.15, -0.1) is 0 Å². The topological polar surface area (TPSA) is 110 Å². The van der Waals surface area contributed by atoms with Crippen molar-refractivity contribution in [2.75, 3.05) is 18.5 Å². The van der Waals surface area contributed by atoms with Gasteiger partial charge in [0.25, 0.3) is 15.9 Å². The first-order chi connectivity index (χ1) is 16.7. The number of carbonyl (C=O) groups excluding carboxylic acids is 1.